The molecule has 1 aromatic rings. The number of fused-ring (bicyclic) bond motifs is 2. The third kappa shape index (κ3) is 4.73. The molecular weight excluding hydrogens is 480 g/mol. The Labute approximate surface area is 212 Å². The Balaban J connectivity index is 1.94. The van der Waals surface area contributed by atoms with Gasteiger partial charge in [-0.2, -0.15) is 4.57 Å². The summed E-state index contributed by atoms with van der Waals surface area (Å²) < 4.78 is 12.6. The maximum atomic E-state index is 12.5. The summed E-state index contributed by atoms with van der Waals surface area (Å²) in [4.78, 5) is 47.7. The van der Waals surface area contributed by atoms with Crippen LogP contribution in [0.4, 0.5) is 0 Å². The average molecular weight is 504 g/mol. The summed E-state index contributed by atoms with van der Waals surface area (Å²) in [5, 5.41) is 20.6. The molecule has 1 N–H and O–H groups in total. The van der Waals surface area contributed by atoms with Crippen molar-refractivity contribution in [3.05, 3.63) is 70.3 Å². The number of pyridine rings is 2. The first-order valence-corrected chi connectivity index (χ1v) is 11.2. The van der Waals surface area contributed by atoms with Gasteiger partial charge in [-0.25, -0.2) is 14.4 Å². The van der Waals surface area contributed by atoms with Gasteiger partial charge in [0.1, 0.15) is 5.56 Å². The van der Waals surface area contributed by atoms with Gasteiger partial charge in [0.25, 0.3) is 0 Å². The minimum Gasteiger partial charge on any atom is -0.548 e. The lowest BCUT2D eigenvalue weighted by Crippen LogP contribution is -2.39. The fourth-order valence-corrected chi connectivity index (χ4v) is 4.76. The average Bonchev–Trinajstić information content (AvgIpc) is 3.32. The van der Waals surface area contributed by atoms with Crippen molar-refractivity contribution >= 4 is 41.1 Å². The van der Waals surface area contributed by atoms with Crippen LogP contribution >= 0.6 is 0 Å². The van der Waals surface area contributed by atoms with E-state index in [2.05, 4.69) is 0 Å². The third-order valence-corrected chi connectivity index (χ3v) is 6.16. The lowest BCUT2D eigenvalue weighted by atomic mass is 9.98. The third-order valence-electron chi connectivity index (χ3n) is 6.16. The number of carbonyl (C=O) groups is 4. The summed E-state index contributed by atoms with van der Waals surface area (Å²) in [6, 6.07) is 1.87. The van der Waals surface area contributed by atoms with E-state index >= 15 is 0 Å². The fourth-order valence-electron chi connectivity index (χ4n) is 4.76. The van der Waals surface area contributed by atoms with Gasteiger partial charge in [0, 0.05) is 29.1 Å². The maximum absolute atomic E-state index is 12.5. The normalized spacial score (nSPS) is 13.4. The van der Waals surface area contributed by atoms with E-state index in [0.29, 0.717) is 33.4 Å². The van der Waals surface area contributed by atoms with Crippen molar-refractivity contribution in [3.8, 4) is 11.1 Å². The van der Waals surface area contributed by atoms with Crippen LogP contribution < -0.4 is 9.67 Å². The number of aromatic nitrogens is 2. The van der Waals surface area contributed by atoms with Gasteiger partial charge in [0.05, 0.1) is 37.9 Å². The van der Waals surface area contributed by atoms with Crippen LogP contribution in [0.3, 0.4) is 0 Å². The highest BCUT2D eigenvalue weighted by molar-refractivity contribution is 6.08. The number of hydrogen-bond acceptors (Lipinski definition) is 7. The van der Waals surface area contributed by atoms with Gasteiger partial charge < -0.3 is 29.0 Å². The molecule has 0 radical (unpaired) electrons. The van der Waals surface area contributed by atoms with Crippen molar-refractivity contribution in [2.75, 3.05) is 14.2 Å². The Morgan fingerprint density at radius 2 is 1.68 bits per heavy atom. The molecule has 2 aliphatic carbocycles. The smallest absolute Gasteiger partial charge is 0.370 e. The molecule has 0 amide bonds. The molecule has 0 atom stereocenters. The van der Waals surface area contributed by atoms with Crippen LogP contribution in [-0.4, -0.2) is 47.8 Å². The second kappa shape index (κ2) is 9.73. The molecule has 0 fully saturated rings. The van der Waals surface area contributed by atoms with Gasteiger partial charge >= 0.3 is 17.9 Å². The number of aliphatic carboxylic acids is 2. The van der Waals surface area contributed by atoms with E-state index in [1.165, 1.54) is 35.7 Å². The molecule has 2 heterocycles. The Morgan fingerprint density at radius 1 is 1.00 bits per heavy atom. The summed E-state index contributed by atoms with van der Waals surface area (Å²) in [6.07, 6.45) is 9.87. The SMILES string of the molecule is COC(=O)c1c[n+](CC(=O)O)cc2c1C(C)=CC2=Cc1cc(C)c2c(C(=O)OC)cn(CC(=O)[O-])cc1-2. The summed E-state index contributed by atoms with van der Waals surface area (Å²) in [7, 11) is 2.51. The monoisotopic (exact) mass is 504 g/mol. The molecule has 37 heavy (non-hydrogen) atoms. The van der Waals surface area contributed by atoms with Crippen molar-refractivity contribution in [1.29, 1.82) is 0 Å². The van der Waals surface area contributed by atoms with Crippen LogP contribution in [0, 0.1) is 6.92 Å². The van der Waals surface area contributed by atoms with Gasteiger partial charge in [-0.3, -0.25) is 0 Å². The predicted octanol–water partition coefficient (Wildman–Crippen LogP) is 1.55. The quantitative estimate of drug-likeness (QED) is 0.378. The number of carboxylic acid groups (broad SMARTS) is 2. The highest BCUT2D eigenvalue weighted by Gasteiger charge is 2.30. The minimum absolute atomic E-state index is 0.217. The minimum atomic E-state index is -1.31. The van der Waals surface area contributed by atoms with Crippen LogP contribution in [-0.2, 0) is 32.2 Å². The Kier molecular flexibility index (Phi) is 6.67. The number of nitrogens with zero attached hydrogens (tertiary/aromatic N) is 2. The van der Waals surface area contributed by atoms with Crippen molar-refractivity contribution in [3.63, 3.8) is 0 Å². The van der Waals surface area contributed by atoms with Gasteiger partial charge in [-0.15, -0.1) is 0 Å². The number of esters is 2. The fraction of sp³-hybridized carbons (Fsp3) is 0.222. The van der Waals surface area contributed by atoms with E-state index in [4.69, 9.17) is 9.47 Å². The second-order valence-corrected chi connectivity index (χ2v) is 8.72. The summed E-state index contributed by atoms with van der Waals surface area (Å²) in [5.41, 5.74) is 5.95. The second-order valence-electron chi connectivity index (χ2n) is 8.72. The Bertz CT molecular complexity index is 1510. The van der Waals surface area contributed by atoms with E-state index in [0.717, 1.165) is 11.1 Å². The van der Waals surface area contributed by atoms with Gasteiger partial charge in [0.2, 0.25) is 6.54 Å². The molecule has 10 nitrogen and oxygen atoms in total. The standard InChI is InChI=1S/C27H24N2O8/c1-14-5-16(18-8-28(12-22(30)31)10-20(24(14)18)26(34)36-3)7-17-6-15(2)25-19(17)9-29(13-23(32)33)11-21(25)27(35)37-4/h5-11H,12-13H2,1-4H3,(H-,30,31,32,33). The number of ether oxygens (including phenoxy) is 2. The van der Waals surface area contributed by atoms with Gasteiger partial charge in [-0.05, 0) is 42.2 Å². The molecule has 1 aliphatic heterocycles. The number of carbonyl (C=O) groups excluding carboxylic acids is 3. The molecular formula is C27H24N2O8. The zero-order valence-electron chi connectivity index (χ0n) is 20.7. The zero-order chi connectivity index (χ0) is 27.0. The molecule has 1 aromatic heterocycles. The van der Waals surface area contributed by atoms with Crippen LogP contribution in [0.5, 0.6) is 0 Å². The molecule has 10 heteroatoms. The largest absolute Gasteiger partial charge is 0.548 e. The van der Waals surface area contributed by atoms with Crippen molar-refractivity contribution in [1.82, 2.24) is 4.57 Å². The predicted molar refractivity (Wildman–Crippen MR) is 129 cm³/mol. The molecule has 3 aliphatic rings. The van der Waals surface area contributed by atoms with Crippen LogP contribution in [0.1, 0.15) is 49.9 Å². The molecule has 0 spiro atoms. The van der Waals surface area contributed by atoms with Crippen LogP contribution in [0.25, 0.3) is 28.3 Å². The maximum Gasteiger partial charge on any atom is 0.370 e. The van der Waals surface area contributed by atoms with E-state index in [1.807, 2.05) is 32.1 Å². The molecule has 190 valence electrons. The Morgan fingerprint density at radius 3 is 2.30 bits per heavy atom. The van der Waals surface area contributed by atoms with Crippen LogP contribution in [0.2, 0.25) is 0 Å². The number of methoxy groups -OCH3 is 2. The van der Waals surface area contributed by atoms with Gasteiger partial charge in [0.15, 0.2) is 12.4 Å². The number of rotatable bonds is 7. The number of aryl methyl sites for hydroxylation is 1. The van der Waals surface area contributed by atoms with Crippen molar-refractivity contribution in [2.24, 2.45) is 0 Å². The zero-order valence-corrected chi connectivity index (χ0v) is 20.7. The first kappa shape index (κ1) is 25.4. The first-order chi connectivity index (χ1) is 17.5. The highest BCUT2D eigenvalue weighted by Crippen LogP contribution is 2.41. The van der Waals surface area contributed by atoms with E-state index < -0.39 is 30.4 Å². The molecule has 0 unspecified atom stereocenters. The van der Waals surface area contributed by atoms with Gasteiger partial charge in [-0.1, -0.05) is 12.1 Å². The topological polar surface area (TPSA) is 139 Å². The molecule has 0 saturated carbocycles. The van der Waals surface area contributed by atoms with E-state index in [-0.39, 0.29) is 17.7 Å². The molecule has 4 rings (SSSR count). The molecule has 0 bridgehead atoms. The van der Waals surface area contributed by atoms with Crippen molar-refractivity contribution < 1.29 is 43.4 Å². The molecule has 0 saturated heterocycles. The number of carboxylic acids is 2. The van der Waals surface area contributed by atoms with E-state index in [1.54, 1.807) is 12.4 Å². The highest BCUT2D eigenvalue weighted by atomic mass is 16.5. The lowest BCUT2D eigenvalue weighted by Gasteiger charge is -2.15. The number of allylic oxidation sites excluding steroid dienone is 3. The van der Waals surface area contributed by atoms with Crippen LogP contribution in [0.15, 0.2) is 36.9 Å². The first-order valence-electron chi connectivity index (χ1n) is 11.2. The molecule has 0 aromatic carbocycles. The van der Waals surface area contributed by atoms with E-state index in [9.17, 15) is 29.4 Å². The summed E-state index contributed by atoms with van der Waals surface area (Å²) in [5.74, 6) is -3.58. The number of hydrogen-bond donors (Lipinski definition) is 1. The summed E-state index contributed by atoms with van der Waals surface area (Å²) >= 11 is 0. The summed E-state index contributed by atoms with van der Waals surface area (Å²) in [6.45, 7) is 2.86. The lowest BCUT2D eigenvalue weighted by molar-refractivity contribution is -0.686. The van der Waals surface area contributed by atoms with Crippen molar-refractivity contribution in [2.45, 2.75) is 26.9 Å². The Hall–Kier alpha value is -4.73.